The summed E-state index contributed by atoms with van der Waals surface area (Å²) in [5, 5.41) is 8.58. The first kappa shape index (κ1) is 21.1. The number of thioether (sulfide) groups is 1. The second-order valence-corrected chi connectivity index (χ2v) is 9.64. The highest BCUT2D eigenvalue weighted by Crippen LogP contribution is 2.34. The molecule has 1 amide bonds. The number of hydrogen-bond acceptors (Lipinski definition) is 6. The van der Waals surface area contributed by atoms with E-state index in [4.69, 9.17) is 4.98 Å². The molecular formula is C22H26N4O2S2. The Labute approximate surface area is 184 Å². The first-order valence-corrected chi connectivity index (χ1v) is 12.4. The van der Waals surface area contributed by atoms with Gasteiger partial charge in [-0.1, -0.05) is 49.7 Å². The highest BCUT2D eigenvalue weighted by atomic mass is 32.2. The second kappa shape index (κ2) is 9.75. The highest BCUT2D eigenvalue weighted by Gasteiger charge is 2.20. The van der Waals surface area contributed by atoms with E-state index < -0.39 is 0 Å². The zero-order valence-corrected chi connectivity index (χ0v) is 18.7. The van der Waals surface area contributed by atoms with Crippen LogP contribution in [0.3, 0.4) is 0 Å². The smallest absolute Gasteiger partial charge is 0.275 e. The first-order chi connectivity index (χ1) is 14.6. The summed E-state index contributed by atoms with van der Waals surface area (Å²) < 4.78 is 1.45. The maximum absolute atomic E-state index is 12.6. The zero-order valence-electron chi connectivity index (χ0n) is 17.1. The van der Waals surface area contributed by atoms with Crippen molar-refractivity contribution in [2.45, 2.75) is 68.4 Å². The fourth-order valence-electron chi connectivity index (χ4n) is 3.75. The number of anilines is 1. The summed E-state index contributed by atoms with van der Waals surface area (Å²) in [7, 11) is 0. The Balaban J connectivity index is 1.51. The van der Waals surface area contributed by atoms with Gasteiger partial charge in [-0.2, -0.15) is 9.61 Å². The van der Waals surface area contributed by atoms with E-state index in [1.165, 1.54) is 23.8 Å². The molecule has 30 heavy (non-hydrogen) atoms. The summed E-state index contributed by atoms with van der Waals surface area (Å²) in [6.07, 6.45) is 7.38. The molecular weight excluding hydrogens is 416 g/mol. The van der Waals surface area contributed by atoms with E-state index in [0.717, 1.165) is 40.5 Å². The second-order valence-electron chi connectivity index (χ2n) is 7.64. The van der Waals surface area contributed by atoms with Crippen LogP contribution in [-0.2, 0) is 10.5 Å². The lowest BCUT2D eigenvalue weighted by Crippen LogP contribution is -2.16. The normalized spacial score (nSPS) is 14.8. The van der Waals surface area contributed by atoms with Gasteiger partial charge in [0.05, 0.1) is 11.4 Å². The number of nitrogens with one attached hydrogen (secondary N) is 1. The number of carbonyl (C=O) groups is 1. The number of carbonyl (C=O) groups excluding carboxylic acids is 1. The van der Waals surface area contributed by atoms with Crippen LogP contribution in [0.2, 0.25) is 0 Å². The molecule has 0 saturated heterocycles. The molecule has 0 atom stereocenters. The summed E-state index contributed by atoms with van der Waals surface area (Å²) in [4.78, 5) is 30.9. The largest absolute Gasteiger partial charge is 0.325 e. The van der Waals surface area contributed by atoms with E-state index in [1.54, 1.807) is 29.2 Å². The lowest BCUT2D eigenvalue weighted by Gasteiger charge is -2.18. The molecule has 1 aromatic carbocycles. The number of nitrogens with zero attached hydrogens (tertiary/aromatic N) is 3. The minimum atomic E-state index is -0.126. The fourth-order valence-corrected chi connectivity index (χ4v) is 5.74. The van der Waals surface area contributed by atoms with Gasteiger partial charge in [0.2, 0.25) is 10.9 Å². The molecule has 0 bridgehead atoms. The van der Waals surface area contributed by atoms with Gasteiger partial charge in [0.1, 0.15) is 5.01 Å². The monoisotopic (exact) mass is 442 g/mol. The summed E-state index contributed by atoms with van der Waals surface area (Å²) in [6.45, 7) is 1.99. The van der Waals surface area contributed by atoms with Crippen LogP contribution in [0.1, 0.15) is 68.5 Å². The average Bonchev–Trinajstić information content (AvgIpc) is 3.19. The molecule has 1 saturated carbocycles. The van der Waals surface area contributed by atoms with Gasteiger partial charge in [0, 0.05) is 29.1 Å². The van der Waals surface area contributed by atoms with Crippen LogP contribution >= 0.6 is 23.1 Å². The lowest BCUT2D eigenvalue weighted by molar-refractivity contribution is -0.116. The Kier molecular flexibility index (Phi) is 6.84. The minimum Gasteiger partial charge on any atom is -0.325 e. The molecule has 6 nitrogen and oxygen atoms in total. The van der Waals surface area contributed by atoms with Gasteiger partial charge in [-0.3, -0.25) is 9.59 Å². The average molecular weight is 443 g/mol. The Hall–Kier alpha value is -2.19. The van der Waals surface area contributed by atoms with E-state index in [0.29, 0.717) is 23.1 Å². The SMILES string of the molecule is CCCC(=O)Nc1ccccc1SCc1cc(=O)n2nc(C3CCCCC3)sc2n1. The predicted molar refractivity (Wildman–Crippen MR) is 123 cm³/mol. The molecule has 0 unspecified atom stereocenters. The predicted octanol–water partition coefficient (Wildman–Crippen LogP) is 5.23. The van der Waals surface area contributed by atoms with Gasteiger partial charge in [0.25, 0.3) is 5.56 Å². The number of benzene rings is 1. The van der Waals surface area contributed by atoms with E-state index in [1.807, 2.05) is 31.2 Å². The molecule has 158 valence electrons. The van der Waals surface area contributed by atoms with Crippen LogP contribution in [0.4, 0.5) is 5.69 Å². The van der Waals surface area contributed by atoms with Gasteiger partial charge in [-0.15, -0.1) is 11.8 Å². The number of para-hydroxylation sites is 1. The van der Waals surface area contributed by atoms with Gasteiger partial charge in [0.15, 0.2) is 0 Å². The van der Waals surface area contributed by atoms with Gasteiger partial charge in [-0.05, 0) is 31.4 Å². The number of rotatable bonds is 7. The molecule has 1 N–H and O–H groups in total. The molecule has 1 fully saturated rings. The van der Waals surface area contributed by atoms with Crippen LogP contribution in [-0.4, -0.2) is 20.5 Å². The van der Waals surface area contributed by atoms with Crippen molar-refractivity contribution in [1.82, 2.24) is 14.6 Å². The first-order valence-electron chi connectivity index (χ1n) is 10.6. The highest BCUT2D eigenvalue weighted by molar-refractivity contribution is 7.98. The Morgan fingerprint density at radius 2 is 2.07 bits per heavy atom. The third kappa shape index (κ3) is 4.92. The molecule has 1 aliphatic carbocycles. The van der Waals surface area contributed by atoms with Crippen LogP contribution < -0.4 is 10.9 Å². The Morgan fingerprint density at radius 3 is 2.87 bits per heavy atom. The summed E-state index contributed by atoms with van der Waals surface area (Å²) in [5.41, 5.74) is 1.41. The van der Waals surface area contributed by atoms with Crippen molar-refractivity contribution < 1.29 is 4.79 Å². The molecule has 1 aliphatic rings. The molecule has 2 aromatic heterocycles. The van der Waals surface area contributed by atoms with Crippen molar-refractivity contribution in [2.24, 2.45) is 0 Å². The van der Waals surface area contributed by atoms with Crippen LogP contribution in [0, 0.1) is 0 Å². The van der Waals surface area contributed by atoms with E-state index in [9.17, 15) is 9.59 Å². The number of hydrogen-bond donors (Lipinski definition) is 1. The molecule has 0 spiro atoms. The van der Waals surface area contributed by atoms with Gasteiger partial charge >= 0.3 is 0 Å². The van der Waals surface area contributed by atoms with E-state index in [-0.39, 0.29) is 11.5 Å². The molecule has 8 heteroatoms. The number of aromatic nitrogens is 3. The Bertz CT molecular complexity index is 1090. The molecule has 2 heterocycles. The summed E-state index contributed by atoms with van der Waals surface area (Å²) in [5.74, 6) is 1.04. The van der Waals surface area contributed by atoms with Crippen molar-refractivity contribution in [3.63, 3.8) is 0 Å². The maximum atomic E-state index is 12.6. The molecule has 0 radical (unpaired) electrons. The standard InChI is InChI=1S/C22H26N4O2S2/c1-2-8-19(27)24-17-11-6-7-12-18(17)29-14-16-13-20(28)26-22(23-16)30-21(25-26)15-9-4-3-5-10-15/h6-7,11-13,15H,2-5,8-10,14H2,1H3,(H,24,27). The van der Waals surface area contributed by atoms with Crippen LogP contribution in [0.5, 0.6) is 0 Å². The fraction of sp³-hybridized carbons (Fsp3) is 0.455. The number of fused-ring (bicyclic) bond motifs is 1. The van der Waals surface area contributed by atoms with Crippen molar-refractivity contribution in [3.05, 3.63) is 51.4 Å². The van der Waals surface area contributed by atoms with Crippen molar-refractivity contribution in [2.75, 3.05) is 5.32 Å². The number of amides is 1. The molecule has 4 rings (SSSR count). The minimum absolute atomic E-state index is 0.0169. The third-order valence-electron chi connectivity index (χ3n) is 5.28. The quantitative estimate of drug-likeness (QED) is 0.507. The van der Waals surface area contributed by atoms with E-state index in [2.05, 4.69) is 10.4 Å². The lowest BCUT2D eigenvalue weighted by atomic mass is 9.90. The third-order valence-corrected chi connectivity index (χ3v) is 7.46. The van der Waals surface area contributed by atoms with Crippen molar-refractivity contribution >= 4 is 39.7 Å². The van der Waals surface area contributed by atoms with Crippen LogP contribution in [0.25, 0.3) is 4.96 Å². The molecule has 0 aliphatic heterocycles. The van der Waals surface area contributed by atoms with Gasteiger partial charge < -0.3 is 5.32 Å². The maximum Gasteiger partial charge on any atom is 0.275 e. The van der Waals surface area contributed by atoms with Crippen molar-refractivity contribution in [3.8, 4) is 0 Å². The summed E-state index contributed by atoms with van der Waals surface area (Å²) >= 11 is 3.12. The molecule has 3 aromatic rings. The Morgan fingerprint density at radius 1 is 1.27 bits per heavy atom. The van der Waals surface area contributed by atoms with E-state index >= 15 is 0 Å². The van der Waals surface area contributed by atoms with Gasteiger partial charge in [-0.25, -0.2) is 4.98 Å². The zero-order chi connectivity index (χ0) is 20.9. The van der Waals surface area contributed by atoms with Crippen molar-refractivity contribution in [1.29, 1.82) is 0 Å². The van der Waals surface area contributed by atoms with Crippen LogP contribution in [0.15, 0.2) is 40.0 Å². The summed E-state index contributed by atoms with van der Waals surface area (Å²) in [6, 6.07) is 9.31. The topological polar surface area (TPSA) is 76.4 Å².